The number of nitrogens with one attached hydrogen (secondary N) is 1. The van der Waals surface area contributed by atoms with Crippen molar-refractivity contribution in [3.63, 3.8) is 0 Å². The van der Waals surface area contributed by atoms with Crippen molar-refractivity contribution >= 4 is 11.6 Å². The second-order valence-corrected chi connectivity index (χ2v) is 4.41. The largest absolute Gasteiger partial charge is 0.448 e. The number of benzene rings is 1. The summed E-state index contributed by atoms with van der Waals surface area (Å²) in [6.45, 7) is 2.68. The lowest BCUT2D eigenvalue weighted by molar-refractivity contribution is 0.461. The van der Waals surface area contributed by atoms with Gasteiger partial charge in [-0.25, -0.2) is 0 Å². The summed E-state index contributed by atoms with van der Waals surface area (Å²) in [4.78, 5) is 0. The van der Waals surface area contributed by atoms with Gasteiger partial charge in [0, 0.05) is 6.04 Å². The molecule has 2 aromatic rings. The summed E-state index contributed by atoms with van der Waals surface area (Å²) in [5.41, 5.74) is 1.80. The molecule has 0 saturated heterocycles. The first-order valence-electron chi connectivity index (χ1n) is 5.66. The topological polar surface area (TPSA) is 49.0 Å². The Morgan fingerprint density at radius 3 is 2.56 bits per heavy atom. The summed E-state index contributed by atoms with van der Waals surface area (Å²) < 4.78 is 5.27. The van der Waals surface area contributed by atoms with E-state index < -0.39 is 0 Å². The van der Waals surface area contributed by atoms with Crippen molar-refractivity contribution in [1.82, 2.24) is 5.32 Å². The normalized spacial score (nSPS) is 12.1. The van der Waals surface area contributed by atoms with Gasteiger partial charge in [-0.05, 0) is 48.4 Å². The van der Waals surface area contributed by atoms with Gasteiger partial charge in [0.1, 0.15) is 5.76 Å². The van der Waals surface area contributed by atoms with Crippen LogP contribution in [0.2, 0.25) is 5.22 Å². The van der Waals surface area contributed by atoms with Gasteiger partial charge in [-0.15, -0.1) is 0 Å². The first-order chi connectivity index (χ1) is 8.69. The van der Waals surface area contributed by atoms with Crippen LogP contribution >= 0.6 is 11.6 Å². The lowest BCUT2D eigenvalue weighted by Gasteiger charge is -2.13. The van der Waals surface area contributed by atoms with Gasteiger partial charge in [0.2, 0.25) is 0 Å². The molecule has 0 fully saturated rings. The maximum atomic E-state index is 8.73. The summed E-state index contributed by atoms with van der Waals surface area (Å²) in [5.74, 6) is 0.806. The van der Waals surface area contributed by atoms with Crippen molar-refractivity contribution in [2.24, 2.45) is 0 Å². The van der Waals surface area contributed by atoms with Crippen LogP contribution in [0.15, 0.2) is 40.8 Å². The number of halogens is 1. The molecule has 2 rings (SSSR count). The fourth-order valence-electron chi connectivity index (χ4n) is 1.66. The molecule has 3 nitrogen and oxygen atoms in total. The Morgan fingerprint density at radius 1 is 1.28 bits per heavy atom. The average Bonchev–Trinajstić information content (AvgIpc) is 2.82. The molecule has 1 heterocycles. The Bertz CT molecular complexity index is 554. The lowest BCUT2D eigenvalue weighted by atomic mass is 10.1. The molecule has 18 heavy (non-hydrogen) atoms. The maximum Gasteiger partial charge on any atom is 0.193 e. The van der Waals surface area contributed by atoms with Crippen molar-refractivity contribution in [3.05, 3.63) is 58.5 Å². The summed E-state index contributed by atoms with van der Waals surface area (Å²) in [7, 11) is 0. The van der Waals surface area contributed by atoms with Gasteiger partial charge in [0.25, 0.3) is 0 Å². The van der Waals surface area contributed by atoms with Crippen molar-refractivity contribution in [3.8, 4) is 6.07 Å². The molecule has 1 unspecified atom stereocenters. The van der Waals surface area contributed by atoms with E-state index in [4.69, 9.17) is 21.3 Å². The first-order valence-corrected chi connectivity index (χ1v) is 6.04. The van der Waals surface area contributed by atoms with Crippen LogP contribution in [-0.2, 0) is 6.54 Å². The van der Waals surface area contributed by atoms with Crippen LogP contribution in [0.25, 0.3) is 0 Å². The predicted octanol–water partition coefficient (Wildman–Crippen LogP) is 3.66. The third-order valence-electron chi connectivity index (χ3n) is 2.75. The summed E-state index contributed by atoms with van der Waals surface area (Å²) in [6.07, 6.45) is 0. The summed E-state index contributed by atoms with van der Waals surface area (Å²) in [5, 5.41) is 12.5. The molecule has 0 aliphatic rings. The number of rotatable bonds is 4. The quantitative estimate of drug-likeness (QED) is 0.913. The minimum absolute atomic E-state index is 0.182. The zero-order chi connectivity index (χ0) is 13.0. The lowest BCUT2D eigenvalue weighted by Crippen LogP contribution is -2.17. The number of furan rings is 1. The molecule has 0 aliphatic carbocycles. The Morgan fingerprint density at radius 2 is 2.00 bits per heavy atom. The Labute approximate surface area is 111 Å². The molecular formula is C14H13ClN2O. The van der Waals surface area contributed by atoms with E-state index in [-0.39, 0.29) is 6.04 Å². The monoisotopic (exact) mass is 260 g/mol. The van der Waals surface area contributed by atoms with Crippen LogP contribution < -0.4 is 5.32 Å². The Balaban J connectivity index is 1.95. The third kappa shape index (κ3) is 3.13. The number of nitrogens with zero attached hydrogens (tertiary/aromatic N) is 1. The van der Waals surface area contributed by atoms with E-state index in [9.17, 15) is 0 Å². The van der Waals surface area contributed by atoms with Crippen molar-refractivity contribution in [2.45, 2.75) is 19.5 Å². The van der Waals surface area contributed by atoms with E-state index in [1.807, 2.05) is 30.3 Å². The molecule has 0 bridgehead atoms. The smallest absolute Gasteiger partial charge is 0.193 e. The predicted molar refractivity (Wildman–Crippen MR) is 70.1 cm³/mol. The van der Waals surface area contributed by atoms with Crippen LogP contribution in [-0.4, -0.2) is 0 Å². The van der Waals surface area contributed by atoms with E-state index in [2.05, 4.69) is 18.3 Å². The Kier molecular flexibility index (Phi) is 4.03. The van der Waals surface area contributed by atoms with Crippen LogP contribution in [0.3, 0.4) is 0 Å². The van der Waals surface area contributed by atoms with Crippen molar-refractivity contribution in [1.29, 1.82) is 5.26 Å². The van der Waals surface area contributed by atoms with Crippen LogP contribution in [0.4, 0.5) is 0 Å². The minimum Gasteiger partial charge on any atom is -0.448 e. The van der Waals surface area contributed by atoms with Gasteiger partial charge < -0.3 is 9.73 Å². The van der Waals surface area contributed by atoms with E-state index in [0.29, 0.717) is 17.3 Å². The van der Waals surface area contributed by atoms with Crippen LogP contribution in [0, 0.1) is 11.3 Å². The van der Waals surface area contributed by atoms with E-state index in [1.54, 1.807) is 6.07 Å². The van der Waals surface area contributed by atoms with Crippen LogP contribution in [0.1, 0.15) is 29.9 Å². The zero-order valence-electron chi connectivity index (χ0n) is 9.98. The van der Waals surface area contributed by atoms with Gasteiger partial charge in [0.15, 0.2) is 5.22 Å². The summed E-state index contributed by atoms with van der Waals surface area (Å²) in [6, 6.07) is 13.4. The van der Waals surface area contributed by atoms with Crippen molar-refractivity contribution in [2.75, 3.05) is 0 Å². The van der Waals surface area contributed by atoms with E-state index in [0.717, 1.165) is 11.3 Å². The maximum absolute atomic E-state index is 8.73. The number of hydrogen-bond acceptors (Lipinski definition) is 3. The van der Waals surface area contributed by atoms with E-state index in [1.165, 1.54) is 0 Å². The zero-order valence-corrected chi connectivity index (χ0v) is 10.7. The molecule has 4 heteroatoms. The van der Waals surface area contributed by atoms with Gasteiger partial charge >= 0.3 is 0 Å². The molecule has 1 N–H and O–H groups in total. The fraction of sp³-hybridized carbons (Fsp3) is 0.214. The molecule has 0 spiro atoms. The minimum atomic E-state index is 0.182. The second kappa shape index (κ2) is 5.72. The van der Waals surface area contributed by atoms with Gasteiger partial charge in [-0.2, -0.15) is 5.26 Å². The SMILES string of the molecule is CC(NCc1ccc(Cl)o1)c1ccc(C#N)cc1. The number of hydrogen-bond donors (Lipinski definition) is 1. The standard InChI is InChI=1S/C14H13ClN2O/c1-10(12-4-2-11(8-16)3-5-12)17-9-13-6-7-14(15)18-13/h2-7,10,17H,9H2,1H3. The molecule has 1 aromatic heterocycles. The molecule has 0 saturated carbocycles. The van der Waals surface area contributed by atoms with Crippen molar-refractivity contribution < 1.29 is 4.42 Å². The van der Waals surface area contributed by atoms with Gasteiger partial charge in [-0.1, -0.05) is 12.1 Å². The highest BCUT2D eigenvalue weighted by Crippen LogP contribution is 2.16. The van der Waals surface area contributed by atoms with Gasteiger partial charge in [-0.3, -0.25) is 0 Å². The molecule has 0 radical (unpaired) electrons. The molecule has 1 aromatic carbocycles. The molecule has 92 valence electrons. The molecule has 0 amide bonds. The number of nitriles is 1. The fourth-order valence-corrected chi connectivity index (χ4v) is 1.83. The first kappa shape index (κ1) is 12.7. The molecular weight excluding hydrogens is 248 g/mol. The summed E-state index contributed by atoms with van der Waals surface area (Å²) >= 11 is 5.70. The average molecular weight is 261 g/mol. The van der Waals surface area contributed by atoms with Gasteiger partial charge in [0.05, 0.1) is 18.2 Å². The highest BCUT2D eigenvalue weighted by molar-refractivity contribution is 6.28. The third-order valence-corrected chi connectivity index (χ3v) is 2.95. The highest BCUT2D eigenvalue weighted by atomic mass is 35.5. The highest BCUT2D eigenvalue weighted by Gasteiger charge is 2.06. The van der Waals surface area contributed by atoms with E-state index >= 15 is 0 Å². The van der Waals surface area contributed by atoms with Crippen LogP contribution in [0.5, 0.6) is 0 Å². The Hall–Kier alpha value is -1.76. The molecule has 0 aliphatic heterocycles. The molecule has 1 atom stereocenters. The second-order valence-electron chi connectivity index (χ2n) is 4.04.